The van der Waals surface area contributed by atoms with E-state index in [1.165, 1.54) is 0 Å². The summed E-state index contributed by atoms with van der Waals surface area (Å²) in [4.78, 5) is 30.1. The Balaban J connectivity index is 1.47. The second kappa shape index (κ2) is 8.79. The summed E-state index contributed by atoms with van der Waals surface area (Å²) in [7, 11) is 0. The SMILES string of the molecule is O=C(COC(=O)c1cc(-c2cccc3ccccc23)nc2ccccc12)NC1CCCC1. The molecule has 1 aliphatic carbocycles. The van der Waals surface area contributed by atoms with E-state index in [2.05, 4.69) is 17.4 Å². The second-order valence-corrected chi connectivity index (χ2v) is 8.22. The van der Waals surface area contributed by atoms with Crippen LogP contribution in [-0.4, -0.2) is 29.5 Å². The molecule has 0 aliphatic heterocycles. The molecule has 1 N–H and O–H groups in total. The van der Waals surface area contributed by atoms with E-state index in [0.717, 1.165) is 42.0 Å². The average Bonchev–Trinajstić information content (AvgIpc) is 3.34. The highest BCUT2D eigenvalue weighted by Gasteiger charge is 2.20. The predicted molar refractivity (Wildman–Crippen MR) is 125 cm³/mol. The molecule has 4 aromatic rings. The first-order chi connectivity index (χ1) is 15.7. The summed E-state index contributed by atoms with van der Waals surface area (Å²) < 4.78 is 5.41. The molecule has 3 aromatic carbocycles. The van der Waals surface area contributed by atoms with E-state index in [-0.39, 0.29) is 18.6 Å². The van der Waals surface area contributed by atoms with Crippen molar-refractivity contribution < 1.29 is 14.3 Å². The fourth-order valence-corrected chi connectivity index (χ4v) is 4.48. The van der Waals surface area contributed by atoms with Gasteiger partial charge in [-0.2, -0.15) is 0 Å². The number of carbonyl (C=O) groups is 2. The van der Waals surface area contributed by atoms with Gasteiger partial charge in [0.1, 0.15) is 0 Å². The molecule has 5 rings (SSSR count). The lowest BCUT2D eigenvalue weighted by Crippen LogP contribution is -2.35. The lowest BCUT2D eigenvalue weighted by molar-refractivity contribution is -0.124. The van der Waals surface area contributed by atoms with Crippen LogP contribution in [0.4, 0.5) is 0 Å². The third-order valence-corrected chi connectivity index (χ3v) is 6.06. The summed E-state index contributed by atoms with van der Waals surface area (Å²) in [5.41, 5.74) is 2.76. The molecule has 0 atom stereocenters. The van der Waals surface area contributed by atoms with Crippen molar-refractivity contribution in [2.24, 2.45) is 0 Å². The standard InChI is InChI=1S/C27H24N2O3/c30-26(28-19-10-2-3-11-19)17-32-27(31)23-16-25(29-24-15-6-5-13-22(23)24)21-14-7-9-18-8-1-4-12-20(18)21/h1,4-9,12-16,19H,2-3,10-11,17H2,(H,28,30). The Hall–Kier alpha value is -3.73. The molecule has 1 aromatic heterocycles. The summed E-state index contributed by atoms with van der Waals surface area (Å²) >= 11 is 0. The Bertz CT molecular complexity index is 1300. The van der Waals surface area contributed by atoms with Crippen LogP contribution in [0.25, 0.3) is 32.9 Å². The van der Waals surface area contributed by atoms with Gasteiger partial charge in [-0.05, 0) is 35.7 Å². The Morgan fingerprint density at radius 2 is 1.62 bits per heavy atom. The third-order valence-electron chi connectivity index (χ3n) is 6.06. The van der Waals surface area contributed by atoms with Crippen molar-refractivity contribution in [1.82, 2.24) is 10.3 Å². The minimum atomic E-state index is -0.522. The van der Waals surface area contributed by atoms with Gasteiger partial charge < -0.3 is 10.1 Å². The molecule has 1 heterocycles. The molecule has 160 valence electrons. The Labute approximate surface area is 186 Å². The van der Waals surface area contributed by atoms with Crippen LogP contribution >= 0.6 is 0 Å². The van der Waals surface area contributed by atoms with Crippen molar-refractivity contribution in [3.63, 3.8) is 0 Å². The predicted octanol–water partition coefficient (Wildman–Crippen LogP) is 5.27. The second-order valence-electron chi connectivity index (χ2n) is 8.22. The van der Waals surface area contributed by atoms with E-state index in [4.69, 9.17) is 9.72 Å². The molecule has 5 heteroatoms. The van der Waals surface area contributed by atoms with Gasteiger partial charge in [0.15, 0.2) is 6.61 Å². The van der Waals surface area contributed by atoms with Crippen LogP contribution in [-0.2, 0) is 9.53 Å². The highest BCUT2D eigenvalue weighted by Crippen LogP contribution is 2.30. The number of rotatable bonds is 5. The first-order valence-electron chi connectivity index (χ1n) is 11.0. The van der Waals surface area contributed by atoms with E-state index < -0.39 is 5.97 Å². The quantitative estimate of drug-likeness (QED) is 0.443. The van der Waals surface area contributed by atoms with Gasteiger partial charge in [-0.25, -0.2) is 9.78 Å². The Kier molecular flexibility index (Phi) is 5.55. The van der Waals surface area contributed by atoms with Crippen molar-refractivity contribution in [2.75, 3.05) is 6.61 Å². The summed E-state index contributed by atoms with van der Waals surface area (Å²) in [5, 5.41) is 5.83. The topological polar surface area (TPSA) is 68.3 Å². The highest BCUT2D eigenvalue weighted by molar-refractivity contribution is 6.06. The Morgan fingerprint density at radius 3 is 2.47 bits per heavy atom. The summed E-state index contributed by atoms with van der Waals surface area (Å²) in [6.07, 6.45) is 4.24. The zero-order valence-corrected chi connectivity index (χ0v) is 17.7. The fraction of sp³-hybridized carbons (Fsp3) is 0.222. The number of hydrogen-bond donors (Lipinski definition) is 1. The molecule has 0 unspecified atom stereocenters. The van der Waals surface area contributed by atoms with Crippen LogP contribution in [0.3, 0.4) is 0 Å². The zero-order valence-electron chi connectivity index (χ0n) is 17.7. The molecule has 0 spiro atoms. The first kappa shape index (κ1) is 20.2. The van der Waals surface area contributed by atoms with Crippen LogP contribution in [0.5, 0.6) is 0 Å². The number of para-hydroxylation sites is 1. The number of pyridine rings is 1. The smallest absolute Gasteiger partial charge is 0.339 e. The minimum absolute atomic E-state index is 0.195. The summed E-state index contributed by atoms with van der Waals surface area (Å²) in [6, 6.07) is 23.6. The van der Waals surface area contributed by atoms with E-state index in [1.807, 2.05) is 54.6 Å². The van der Waals surface area contributed by atoms with Gasteiger partial charge in [-0.1, -0.05) is 73.5 Å². The van der Waals surface area contributed by atoms with Crippen LogP contribution in [0.2, 0.25) is 0 Å². The number of ether oxygens (including phenoxy) is 1. The molecular weight excluding hydrogens is 400 g/mol. The van der Waals surface area contributed by atoms with E-state index in [9.17, 15) is 9.59 Å². The summed E-state index contributed by atoms with van der Waals surface area (Å²) in [6.45, 7) is -0.282. The normalized spacial score (nSPS) is 14.0. The van der Waals surface area contributed by atoms with Crippen molar-refractivity contribution in [3.8, 4) is 11.3 Å². The highest BCUT2D eigenvalue weighted by atomic mass is 16.5. The number of carbonyl (C=O) groups excluding carboxylic acids is 2. The first-order valence-corrected chi connectivity index (χ1v) is 11.0. The van der Waals surface area contributed by atoms with Crippen molar-refractivity contribution >= 4 is 33.6 Å². The number of benzene rings is 3. The fourth-order valence-electron chi connectivity index (χ4n) is 4.48. The van der Waals surface area contributed by atoms with Gasteiger partial charge in [0.25, 0.3) is 5.91 Å². The van der Waals surface area contributed by atoms with Gasteiger partial charge >= 0.3 is 5.97 Å². The monoisotopic (exact) mass is 424 g/mol. The average molecular weight is 425 g/mol. The van der Waals surface area contributed by atoms with Gasteiger partial charge in [-0.3, -0.25) is 4.79 Å². The van der Waals surface area contributed by atoms with Crippen LogP contribution in [0.15, 0.2) is 72.8 Å². The van der Waals surface area contributed by atoms with Crippen molar-refractivity contribution in [3.05, 3.63) is 78.4 Å². The third kappa shape index (κ3) is 4.06. The lowest BCUT2D eigenvalue weighted by atomic mass is 9.99. The maximum absolute atomic E-state index is 13.0. The molecule has 1 aliphatic rings. The molecule has 0 bridgehead atoms. The number of esters is 1. The van der Waals surface area contributed by atoms with Gasteiger partial charge in [-0.15, -0.1) is 0 Å². The molecule has 1 saturated carbocycles. The lowest BCUT2D eigenvalue weighted by Gasteiger charge is -2.13. The van der Waals surface area contributed by atoms with Gasteiger partial charge in [0.05, 0.1) is 16.8 Å². The van der Waals surface area contributed by atoms with E-state index in [0.29, 0.717) is 22.2 Å². The van der Waals surface area contributed by atoms with E-state index in [1.54, 1.807) is 6.07 Å². The molecule has 1 fully saturated rings. The van der Waals surface area contributed by atoms with Gasteiger partial charge in [0, 0.05) is 17.0 Å². The molecule has 1 amide bonds. The molecule has 0 radical (unpaired) electrons. The van der Waals surface area contributed by atoms with Gasteiger partial charge in [0.2, 0.25) is 0 Å². The zero-order chi connectivity index (χ0) is 21.9. The largest absolute Gasteiger partial charge is 0.452 e. The molecule has 0 saturated heterocycles. The summed E-state index contributed by atoms with van der Waals surface area (Å²) in [5.74, 6) is -0.774. The van der Waals surface area contributed by atoms with Crippen LogP contribution in [0, 0.1) is 0 Å². The number of fused-ring (bicyclic) bond motifs is 2. The maximum atomic E-state index is 13.0. The van der Waals surface area contributed by atoms with Crippen molar-refractivity contribution in [1.29, 1.82) is 0 Å². The maximum Gasteiger partial charge on any atom is 0.339 e. The number of aromatic nitrogens is 1. The number of nitrogens with one attached hydrogen (secondary N) is 1. The molecule has 5 nitrogen and oxygen atoms in total. The molecule has 32 heavy (non-hydrogen) atoms. The minimum Gasteiger partial charge on any atom is -0.452 e. The number of hydrogen-bond acceptors (Lipinski definition) is 4. The van der Waals surface area contributed by atoms with Crippen LogP contribution < -0.4 is 5.32 Å². The number of nitrogens with zero attached hydrogens (tertiary/aromatic N) is 1. The Morgan fingerprint density at radius 1 is 0.906 bits per heavy atom. The van der Waals surface area contributed by atoms with Crippen molar-refractivity contribution in [2.45, 2.75) is 31.7 Å². The van der Waals surface area contributed by atoms with Crippen LogP contribution in [0.1, 0.15) is 36.0 Å². The van der Waals surface area contributed by atoms with E-state index >= 15 is 0 Å². The molecular formula is C27H24N2O3. The number of amides is 1.